The van der Waals surface area contributed by atoms with E-state index in [1.807, 2.05) is 13.8 Å². The molecular weight excluding hydrogens is 306 g/mol. The highest BCUT2D eigenvalue weighted by Gasteiger charge is 2.10. The lowest BCUT2D eigenvalue weighted by atomic mass is 10.2. The monoisotopic (exact) mass is 327 g/mol. The van der Waals surface area contributed by atoms with Crippen molar-refractivity contribution in [3.63, 3.8) is 0 Å². The van der Waals surface area contributed by atoms with Gasteiger partial charge in [-0.15, -0.1) is 0 Å². The smallest absolute Gasteiger partial charge is 0.244 e. The molecule has 0 saturated carbocycles. The second-order valence-corrected chi connectivity index (χ2v) is 5.07. The molecule has 1 N–H and O–H groups in total. The molecule has 1 atom stereocenters. The third kappa shape index (κ3) is 5.58. The molecule has 1 aromatic carbocycles. The standard InChI is InChI=1S/C16H22ClNO4/c1-5-22-14-9-12(8-13(17)16(14)21-4)6-7-15(19)18-11(2)10-20-3/h6-9,11H,5,10H2,1-4H3,(H,18,19). The summed E-state index contributed by atoms with van der Waals surface area (Å²) in [6.45, 7) is 4.70. The van der Waals surface area contributed by atoms with Gasteiger partial charge in [-0.1, -0.05) is 11.6 Å². The summed E-state index contributed by atoms with van der Waals surface area (Å²) in [6.07, 6.45) is 3.11. The average molecular weight is 328 g/mol. The van der Waals surface area contributed by atoms with Gasteiger partial charge in [0.05, 0.1) is 25.3 Å². The molecule has 22 heavy (non-hydrogen) atoms. The number of halogens is 1. The Labute approximate surface area is 136 Å². The second kappa shape index (κ2) is 9.33. The number of rotatable bonds is 8. The highest BCUT2D eigenvalue weighted by atomic mass is 35.5. The number of benzene rings is 1. The largest absolute Gasteiger partial charge is 0.491 e. The van der Waals surface area contributed by atoms with E-state index < -0.39 is 0 Å². The summed E-state index contributed by atoms with van der Waals surface area (Å²) >= 11 is 6.16. The summed E-state index contributed by atoms with van der Waals surface area (Å²) in [5, 5.41) is 3.22. The third-order valence-corrected chi connectivity index (χ3v) is 3.05. The van der Waals surface area contributed by atoms with E-state index in [-0.39, 0.29) is 11.9 Å². The summed E-state index contributed by atoms with van der Waals surface area (Å²) in [5.74, 6) is 0.832. The van der Waals surface area contributed by atoms with Gasteiger partial charge in [0.2, 0.25) is 5.91 Å². The van der Waals surface area contributed by atoms with Gasteiger partial charge in [0.1, 0.15) is 0 Å². The zero-order valence-electron chi connectivity index (χ0n) is 13.3. The molecule has 5 nitrogen and oxygen atoms in total. The normalized spacial score (nSPS) is 12.2. The molecule has 1 rings (SSSR count). The summed E-state index contributed by atoms with van der Waals surface area (Å²) in [4.78, 5) is 11.8. The number of carbonyl (C=O) groups is 1. The van der Waals surface area contributed by atoms with Crippen LogP contribution < -0.4 is 14.8 Å². The average Bonchev–Trinajstić information content (AvgIpc) is 2.45. The van der Waals surface area contributed by atoms with Crippen LogP contribution in [0.1, 0.15) is 19.4 Å². The molecule has 0 aromatic heterocycles. The van der Waals surface area contributed by atoms with E-state index >= 15 is 0 Å². The van der Waals surface area contributed by atoms with Crippen molar-refractivity contribution in [2.24, 2.45) is 0 Å². The van der Waals surface area contributed by atoms with E-state index in [9.17, 15) is 4.79 Å². The first-order valence-electron chi connectivity index (χ1n) is 6.99. The van der Waals surface area contributed by atoms with E-state index in [1.54, 1.807) is 25.3 Å². The molecule has 0 bridgehead atoms. The van der Waals surface area contributed by atoms with Crippen LogP contribution in [0.3, 0.4) is 0 Å². The van der Waals surface area contributed by atoms with Gasteiger partial charge in [-0.3, -0.25) is 4.79 Å². The van der Waals surface area contributed by atoms with Crippen molar-refractivity contribution < 1.29 is 19.0 Å². The van der Waals surface area contributed by atoms with Crippen LogP contribution in [0.5, 0.6) is 11.5 Å². The van der Waals surface area contributed by atoms with Crippen LogP contribution in [-0.2, 0) is 9.53 Å². The predicted octanol–water partition coefficient (Wildman–Crippen LogP) is 2.91. The van der Waals surface area contributed by atoms with Crippen molar-refractivity contribution in [3.05, 3.63) is 28.8 Å². The molecule has 122 valence electrons. The topological polar surface area (TPSA) is 56.8 Å². The van der Waals surface area contributed by atoms with Crippen LogP contribution in [0, 0.1) is 0 Å². The number of methoxy groups -OCH3 is 2. The number of hydrogen-bond donors (Lipinski definition) is 1. The van der Waals surface area contributed by atoms with Gasteiger partial charge in [0.15, 0.2) is 11.5 Å². The van der Waals surface area contributed by atoms with Crippen molar-refractivity contribution in [1.82, 2.24) is 5.32 Å². The van der Waals surface area contributed by atoms with Gasteiger partial charge in [0.25, 0.3) is 0 Å². The van der Waals surface area contributed by atoms with E-state index in [0.717, 1.165) is 5.56 Å². The second-order valence-electron chi connectivity index (χ2n) is 4.67. The lowest BCUT2D eigenvalue weighted by molar-refractivity contribution is -0.117. The molecule has 0 aliphatic carbocycles. The van der Waals surface area contributed by atoms with Crippen molar-refractivity contribution in [2.75, 3.05) is 27.4 Å². The van der Waals surface area contributed by atoms with Gasteiger partial charge in [-0.25, -0.2) is 0 Å². The maximum absolute atomic E-state index is 11.8. The molecular formula is C16H22ClNO4. The zero-order valence-corrected chi connectivity index (χ0v) is 14.1. The van der Waals surface area contributed by atoms with Crippen LogP contribution in [0.2, 0.25) is 5.02 Å². The van der Waals surface area contributed by atoms with Crippen LogP contribution in [0.4, 0.5) is 0 Å². The summed E-state index contributed by atoms with van der Waals surface area (Å²) < 4.78 is 15.7. The first-order chi connectivity index (χ1) is 10.5. The van der Waals surface area contributed by atoms with Gasteiger partial charge in [-0.05, 0) is 37.6 Å². The highest BCUT2D eigenvalue weighted by molar-refractivity contribution is 6.32. The first kappa shape index (κ1) is 18.3. The fourth-order valence-electron chi connectivity index (χ4n) is 1.90. The summed E-state index contributed by atoms with van der Waals surface area (Å²) in [5.41, 5.74) is 0.754. The van der Waals surface area contributed by atoms with Crippen LogP contribution >= 0.6 is 11.6 Å². The lowest BCUT2D eigenvalue weighted by Gasteiger charge is -2.12. The number of ether oxygens (including phenoxy) is 3. The Morgan fingerprint density at radius 2 is 2.14 bits per heavy atom. The summed E-state index contributed by atoms with van der Waals surface area (Å²) in [7, 11) is 3.12. The molecule has 6 heteroatoms. The predicted molar refractivity (Wildman–Crippen MR) is 87.7 cm³/mol. The minimum Gasteiger partial charge on any atom is -0.491 e. The number of nitrogens with one attached hydrogen (secondary N) is 1. The number of carbonyl (C=O) groups excluding carboxylic acids is 1. The van der Waals surface area contributed by atoms with Gasteiger partial charge in [-0.2, -0.15) is 0 Å². The van der Waals surface area contributed by atoms with E-state index in [2.05, 4.69) is 5.32 Å². The molecule has 0 radical (unpaired) electrons. The molecule has 1 unspecified atom stereocenters. The zero-order chi connectivity index (χ0) is 16.5. The minimum absolute atomic E-state index is 0.0550. The third-order valence-electron chi connectivity index (χ3n) is 2.77. The molecule has 0 fully saturated rings. The van der Waals surface area contributed by atoms with E-state index in [0.29, 0.717) is 29.7 Å². The summed E-state index contributed by atoms with van der Waals surface area (Å²) in [6, 6.07) is 3.43. The van der Waals surface area contributed by atoms with Gasteiger partial charge in [0, 0.05) is 19.2 Å². The van der Waals surface area contributed by atoms with Gasteiger partial charge >= 0.3 is 0 Å². The van der Waals surface area contributed by atoms with Crippen LogP contribution in [0.15, 0.2) is 18.2 Å². The van der Waals surface area contributed by atoms with E-state index in [1.165, 1.54) is 13.2 Å². The Hall–Kier alpha value is -1.72. The molecule has 0 aliphatic rings. The van der Waals surface area contributed by atoms with Crippen molar-refractivity contribution in [2.45, 2.75) is 19.9 Å². The maximum Gasteiger partial charge on any atom is 0.244 e. The van der Waals surface area contributed by atoms with Crippen LogP contribution in [0.25, 0.3) is 6.08 Å². The Bertz CT molecular complexity index is 531. The first-order valence-corrected chi connectivity index (χ1v) is 7.37. The fourth-order valence-corrected chi connectivity index (χ4v) is 2.20. The fraction of sp³-hybridized carbons (Fsp3) is 0.438. The molecule has 0 saturated heterocycles. The molecule has 1 aromatic rings. The van der Waals surface area contributed by atoms with Crippen molar-refractivity contribution >= 4 is 23.6 Å². The maximum atomic E-state index is 11.8. The molecule has 0 heterocycles. The quantitative estimate of drug-likeness (QED) is 0.746. The van der Waals surface area contributed by atoms with Crippen LogP contribution in [-0.4, -0.2) is 39.4 Å². The van der Waals surface area contributed by atoms with Gasteiger partial charge < -0.3 is 19.5 Å². The highest BCUT2D eigenvalue weighted by Crippen LogP contribution is 2.36. The Balaban J connectivity index is 2.84. The van der Waals surface area contributed by atoms with Crippen molar-refractivity contribution in [3.8, 4) is 11.5 Å². The molecule has 1 amide bonds. The SMILES string of the molecule is CCOc1cc(C=CC(=O)NC(C)COC)cc(Cl)c1OC. The van der Waals surface area contributed by atoms with E-state index in [4.69, 9.17) is 25.8 Å². The number of hydrogen-bond acceptors (Lipinski definition) is 4. The Kier molecular flexibility index (Phi) is 7.77. The Morgan fingerprint density at radius 1 is 1.41 bits per heavy atom. The Morgan fingerprint density at radius 3 is 2.73 bits per heavy atom. The molecule has 0 spiro atoms. The van der Waals surface area contributed by atoms with Crippen molar-refractivity contribution in [1.29, 1.82) is 0 Å². The minimum atomic E-state index is -0.200. The lowest BCUT2D eigenvalue weighted by Crippen LogP contribution is -2.34. The number of amides is 1. The molecule has 0 aliphatic heterocycles.